The van der Waals surface area contributed by atoms with Gasteiger partial charge in [-0.2, -0.15) is 0 Å². The number of fused-ring (bicyclic) bond motifs is 7. The predicted octanol–water partition coefficient (Wildman–Crippen LogP) is 10.6. The molecule has 4 nitrogen and oxygen atoms in total. The van der Waals surface area contributed by atoms with Gasteiger partial charge in [0.2, 0.25) is 0 Å². The monoisotopic (exact) mass is 757 g/mol. The molecule has 9 rings (SSSR count). The third-order valence-corrected chi connectivity index (χ3v) is 7.69. The first-order chi connectivity index (χ1) is 21.8. The number of hydrogen-bond acceptors (Lipinski definition) is 4. The number of pyridine rings is 2. The number of nitrogens with zero attached hydrogens (tertiary/aromatic N) is 2. The normalized spacial score (nSPS) is 10.9. The molecule has 4 aromatic heterocycles. The van der Waals surface area contributed by atoms with Crippen molar-refractivity contribution in [1.82, 2.24) is 9.97 Å². The van der Waals surface area contributed by atoms with E-state index in [1.807, 2.05) is 115 Å². The third kappa shape index (κ3) is 5.33. The van der Waals surface area contributed by atoms with E-state index in [0.717, 1.165) is 77.5 Å². The van der Waals surface area contributed by atoms with Gasteiger partial charge in [0.1, 0.15) is 22.3 Å². The van der Waals surface area contributed by atoms with Crippen LogP contribution in [0.2, 0.25) is 0 Å². The number of hydrogen-bond donors (Lipinski definition) is 0. The molecule has 0 spiro atoms. The minimum atomic E-state index is 0. The molecule has 0 atom stereocenters. The van der Waals surface area contributed by atoms with Gasteiger partial charge in [0.05, 0.1) is 0 Å². The summed E-state index contributed by atoms with van der Waals surface area (Å²) in [5.74, 6) is 0. The van der Waals surface area contributed by atoms with Crippen LogP contribution in [-0.2, 0) is 20.1 Å². The Hall–Kier alpha value is -5.35. The molecule has 0 aliphatic carbocycles. The molecule has 5 aromatic carbocycles. The Labute approximate surface area is 273 Å². The SMILES string of the molecule is [Ir].[c-]1ccccc1-c1cc(-c2cc3oc4ccccc4c3c3c2oc2ccccc23)ccn1.[c-]1ccccc1-c1ccccn1. The summed E-state index contributed by atoms with van der Waals surface area (Å²) in [6.45, 7) is 0. The molecule has 0 bridgehead atoms. The molecule has 45 heavy (non-hydrogen) atoms. The average Bonchev–Trinajstić information content (AvgIpc) is 3.68. The largest absolute Gasteiger partial charge is 0.456 e. The van der Waals surface area contributed by atoms with Gasteiger partial charge in [0.15, 0.2) is 0 Å². The minimum Gasteiger partial charge on any atom is -0.456 e. The van der Waals surface area contributed by atoms with Gasteiger partial charge in [-0.25, -0.2) is 0 Å². The van der Waals surface area contributed by atoms with E-state index in [4.69, 9.17) is 8.83 Å². The molecule has 0 fully saturated rings. The zero-order valence-electron chi connectivity index (χ0n) is 23.9. The Balaban J connectivity index is 0.000000211. The van der Waals surface area contributed by atoms with Crippen LogP contribution in [0.15, 0.2) is 155 Å². The van der Waals surface area contributed by atoms with Gasteiger partial charge < -0.3 is 18.8 Å². The van der Waals surface area contributed by atoms with Crippen molar-refractivity contribution in [2.75, 3.05) is 0 Å². The summed E-state index contributed by atoms with van der Waals surface area (Å²) in [6.07, 6.45) is 3.62. The van der Waals surface area contributed by atoms with Crippen LogP contribution in [0.4, 0.5) is 0 Å². The van der Waals surface area contributed by atoms with E-state index >= 15 is 0 Å². The first-order valence-corrected chi connectivity index (χ1v) is 14.4. The van der Waals surface area contributed by atoms with Gasteiger partial charge in [-0.15, -0.1) is 71.8 Å². The fraction of sp³-hybridized carbons (Fsp3) is 0. The molecule has 0 unspecified atom stereocenters. The molecule has 0 amide bonds. The number of para-hydroxylation sites is 2. The minimum absolute atomic E-state index is 0. The second kappa shape index (κ2) is 12.3. The zero-order valence-corrected chi connectivity index (χ0v) is 26.3. The molecule has 217 valence electrons. The molecule has 0 saturated carbocycles. The van der Waals surface area contributed by atoms with Gasteiger partial charge in [0.25, 0.3) is 0 Å². The Bertz CT molecular complexity index is 2340. The van der Waals surface area contributed by atoms with Gasteiger partial charge in [-0.1, -0.05) is 54.6 Å². The van der Waals surface area contributed by atoms with Crippen LogP contribution in [-0.4, -0.2) is 9.97 Å². The van der Waals surface area contributed by atoms with Crippen LogP contribution in [0.5, 0.6) is 0 Å². The summed E-state index contributed by atoms with van der Waals surface area (Å²) >= 11 is 0. The number of benzene rings is 5. The fourth-order valence-corrected chi connectivity index (χ4v) is 5.69. The molecule has 5 heteroatoms. The fourth-order valence-electron chi connectivity index (χ4n) is 5.69. The van der Waals surface area contributed by atoms with Crippen molar-refractivity contribution < 1.29 is 28.9 Å². The summed E-state index contributed by atoms with van der Waals surface area (Å²) in [7, 11) is 0. The molecule has 0 saturated heterocycles. The van der Waals surface area contributed by atoms with Gasteiger partial charge in [-0.05, 0) is 47.3 Å². The standard InChI is InChI=1S/C29H16NO2.C11H8N.Ir/c1-2-8-18(9-3-1)23-16-19(14-15-30-23)22-17-26-27(20-10-4-6-12-24(20)31-26)28-21-11-5-7-13-25(21)32-29(22)28;1-2-6-10(7-3-1)11-8-4-5-9-12-11;/h1-8,10-17H;1-6,8-9H;/q2*-1;. The maximum Gasteiger partial charge on any atom is 0.144 e. The van der Waals surface area contributed by atoms with Crippen molar-refractivity contribution >= 4 is 43.9 Å². The smallest absolute Gasteiger partial charge is 0.144 e. The number of rotatable bonds is 3. The predicted molar refractivity (Wildman–Crippen MR) is 177 cm³/mol. The topological polar surface area (TPSA) is 52.1 Å². The van der Waals surface area contributed by atoms with Gasteiger partial charge in [-0.3, -0.25) is 0 Å². The van der Waals surface area contributed by atoms with E-state index in [1.54, 1.807) is 6.20 Å². The molecule has 4 heterocycles. The average molecular weight is 757 g/mol. The number of aromatic nitrogens is 2. The second-order valence-corrected chi connectivity index (χ2v) is 10.4. The van der Waals surface area contributed by atoms with E-state index in [2.05, 4.69) is 46.4 Å². The van der Waals surface area contributed by atoms with E-state index in [9.17, 15) is 0 Å². The Morgan fingerprint density at radius 3 is 1.80 bits per heavy atom. The Morgan fingerprint density at radius 2 is 1.11 bits per heavy atom. The van der Waals surface area contributed by atoms with Crippen LogP contribution in [0.1, 0.15) is 0 Å². The van der Waals surface area contributed by atoms with E-state index in [-0.39, 0.29) is 20.1 Å². The maximum absolute atomic E-state index is 6.44. The third-order valence-electron chi connectivity index (χ3n) is 7.69. The Morgan fingerprint density at radius 1 is 0.489 bits per heavy atom. The summed E-state index contributed by atoms with van der Waals surface area (Å²) < 4.78 is 12.7. The number of furan rings is 2. The Kier molecular flexibility index (Phi) is 7.79. The first-order valence-electron chi connectivity index (χ1n) is 14.4. The van der Waals surface area contributed by atoms with Crippen LogP contribution < -0.4 is 0 Å². The maximum atomic E-state index is 6.44. The summed E-state index contributed by atoms with van der Waals surface area (Å²) in [5.41, 5.74) is 9.31. The molecule has 9 aromatic rings. The molecule has 1 radical (unpaired) electrons. The van der Waals surface area contributed by atoms with E-state index in [1.165, 1.54) is 0 Å². The van der Waals surface area contributed by atoms with Crippen LogP contribution in [0.3, 0.4) is 0 Å². The molecular formula is C40H24IrN2O2-2. The molecular weight excluding hydrogens is 733 g/mol. The van der Waals surface area contributed by atoms with Crippen molar-refractivity contribution in [3.63, 3.8) is 0 Å². The van der Waals surface area contributed by atoms with E-state index in [0.29, 0.717) is 0 Å². The van der Waals surface area contributed by atoms with Crippen molar-refractivity contribution in [2.24, 2.45) is 0 Å². The second-order valence-electron chi connectivity index (χ2n) is 10.4. The van der Waals surface area contributed by atoms with E-state index < -0.39 is 0 Å². The molecule has 0 aliphatic rings. The van der Waals surface area contributed by atoms with Crippen molar-refractivity contribution in [3.05, 3.63) is 158 Å². The summed E-state index contributed by atoms with van der Waals surface area (Å²) in [5, 5.41) is 4.36. The molecule has 0 N–H and O–H groups in total. The molecule has 0 aliphatic heterocycles. The van der Waals surface area contributed by atoms with Crippen molar-refractivity contribution in [1.29, 1.82) is 0 Å². The summed E-state index contributed by atoms with van der Waals surface area (Å²) in [6, 6.07) is 50.5. The quantitative estimate of drug-likeness (QED) is 0.169. The van der Waals surface area contributed by atoms with Crippen LogP contribution in [0.25, 0.3) is 77.5 Å². The van der Waals surface area contributed by atoms with Gasteiger partial charge in [0, 0.05) is 59.6 Å². The van der Waals surface area contributed by atoms with Crippen molar-refractivity contribution in [3.8, 4) is 33.6 Å². The summed E-state index contributed by atoms with van der Waals surface area (Å²) in [4.78, 5) is 8.79. The first kappa shape index (κ1) is 28.4. The van der Waals surface area contributed by atoms with Crippen LogP contribution in [0, 0.1) is 12.1 Å². The van der Waals surface area contributed by atoms with Crippen molar-refractivity contribution in [2.45, 2.75) is 0 Å². The zero-order chi connectivity index (χ0) is 29.3. The van der Waals surface area contributed by atoms with Crippen LogP contribution >= 0.6 is 0 Å². The van der Waals surface area contributed by atoms with Gasteiger partial charge >= 0.3 is 0 Å².